The lowest BCUT2D eigenvalue weighted by Crippen LogP contribution is -1.81. The first-order valence-corrected chi connectivity index (χ1v) is 5.84. The molecule has 0 fully saturated rings. The summed E-state index contributed by atoms with van der Waals surface area (Å²) in [6.45, 7) is 10.1. The van der Waals surface area contributed by atoms with Crippen LogP contribution in [-0.4, -0.2) is 0 Å². The molecule has 2 aromatic carbocycles. The molecule has 0 aliphatic heterocycles. The number of rotatable bonds is 1. The molecule has 0 unspecified atom stereocenters. The summed E-state index contributed by atoms with van der Waals surface area (Å²) in [7, 11) is 0. The van der Waals surface area contributed by atoms with Gasteiger partial charge in [0.15, 0.2) is 0 Å². The van der Waals surface area contributed by atoms with Gasteiger partial charge in [0.1, 0.15) is 0 Å². The fraction of sp³-hybridized carbons (Fsp3) is 0.176. The number of aryl methyl sites for hydroxylation is 2. The van der Waals surface area contributed by atoms with Gasteiger partial charge in [0.05, 0.1) is 0 Å². The highest BCUT2D eigenvalue weighted by Crippen LogP contribution is 2.14. The Bertz CT molecular complexity index is 466. The highest BCUT2D eigenvalue weighted by Gasteiger charge is 1.94. The third-order valence-electron chi connectivity index (χ3n) is 2.55. The van der Waals surface area contributed by atoms with Gasteiger partial charge in [-0.1, -0.05) is 72.3 Å². The lowest BCUT2D eigenvalue weighted by atomic mass is 10.0. The van der Waals surface area contributed by atoms with Gasteiger partial charge in [-0.2, -0.15) is 0 Å². The highest BCUT2D eigenvalue weighted by atomic mass is 14.0. The zero-order chi connectivity index (χ0) is 12.7. The second-order valence-corrected chi connectivity index (χ2v) is 4.25. The topological polar surface area (TPSA) is 0 Å². The van der Waals surface area contributed by atoms with Crippen molar-refractivity contribution in [1.82, 2.24) is 0 Å². The molecule has 2 rings (SSSR count). The Morgan fingerprint density at radius 3 is 1.71 bits per heavy atom. The molecule has 17 heavy (non-hydrogen) atoms. The van der Waals surface area contributed by atoms with Gasteiger partial charge in [0, 0.05) is 0 Å². The van der Waals surface area contributed by atoms with Crippen molar-refractivity contribution in [2.45, 2.75) is 20.8 Å². The maximum atomic E-state index is 3.89. The molecule has 0 radical (unpaired) electrons. The van der Waals surface area contributed by atoms with Crippen LogP contribution in [0, 0.1) is 13.8 Å². The molecule has 0 nitrogen and oxygen atoms in total. The van der Waals surface area contributed by atoms with Crippen LogP contribution in [0.3, 0.4) is 0 Å². The molecule has 0 N–H and O–H groups in total. The predicted octanol–water partition coefficient (Wildman–Crippen LogP) is 5.02. The first kappa shape index (κ1) is 13.2. The molecule has 0 saturated carbocycles. The maximum Gasteiger partial charge on any atom is -0.0204 e. The lowest BCUT2D eigenvalue weighted by molar-refractivity contribution is 1.41. The zero-order valence-electron chi connectivity index (χ0n) is 10.9. The predicted molar refractivity (Wildman–Crippen MR) is 77.1 cm³/mol. The average molecular weight is 224 g/mol. The summed E-state index contributed by atoms with van der Waals surface area (Å²) in [6.07, 6.45) is 0. The second-order valence-electron chi connectivity index (χ2n) is 4.25. The van der Waals surface area contributed by atoms with E-state index in [-0.39, 0.29) is 0 Å². The minimum absolute atomic E-state index is 1.14. The van der Waals surface area contributed by atoms with Gasteiger partial charge in [-0.15, -0.1) is 0 Å². The quantitative estimate of drug-likeness (QED) is 0.637. The van der Waals surface area contributed by atoms with Crippen LogP contribution in [0.1, 0.15) is 23.6 Å². The van der Waals surface area contributed by atoms with Gasteiger partial charge in [0.25, 0.3) is 0 Å². The summed E-state index contributed by atoms with van der Waals surface area (Å²) >= 11 is 0. The standard InChI is InChI=1S/C10H12.C7H8/c1-8(2)10-7-5-4-6-9(10)3;1-7-5-3-2-4-6-7/h4-7H,1H2,2-3H3;2-6H,1H3. The van der Waals surface area contributed by atoms with E-state index in [2.05, 4.69) is 44.7 Å². The van der Waals surface area contributed by atoms with E-state index < -0.39 is 0 Å². The van der Waals surface area contributed by atoms with Gasteiger partial charge in [-0.25, -0.2) is 0 Å². The lowest BCUT2D eigenvalue weighted by Gasteiger charge is -2.02. The maximum absolute atomic E-state index is 3.89. The van der Waals surface area contributed by atoms with Gasteiger partial charge < -0.3 is 0 Å². The Kier molecular flexibility index (Phi) is 5.22. The summed E-state index contributed by atoms with van der Waals surface area (Å²) in [5.74, 6) is 0. The van der Waals surface area contributed by atoms with E-state index in [4.69, 9.17) is 0 Å². The summed E-state index contributed by atoms with van der Waals surface area (Å²) < 4.78 is 0. The number of hydrogen-bond acceptors (Lipinski definition) is 0. The van der Waals surface area contributed by atoms with E-state index in [0.29, 0.717) is 0 Å². The van der Waals surface area contributed by atoms with Gasteiger partial charge >= 0.3 is 0 Å². The third kappa shape index (κ3) is 4.69. The van der Waals surface area contributed by atoms with E-state index in [0.717, 1.165) is 5.57 Å². The Morgan fingerprint density at radius 2 is 1.35 bits per heavy atom. The molecular formula is C17H20. The molecule has 0 saturated heterocycles. The molecule has 0 aliphatic rings. The summed E-state index contributed by atoms with van der Waals surface area (Å²) in [5, 5.41) is 0. The second kappa shape index (κ2) is 6.70. The third-order valence-corrected chi connectivity index (χ3v) is 2.55. The fourth-order valence-corrected chi connectivity index (χ4v) is 1.59. The molecule has 0 aliphatic carbocycles. The van der Waals surface area contributed by atoms with Crippen molar-refractivity contribution in [3.8, 4) is 0 Å². The van der Waals surface area contributed by atoms with E-state index >= 15 is 0 Å². The number of benzene rings is 2. The SMILES string of the molecule is C=C(C)c1ccccc1C.Cc1ccccc1. The zero-order valence-corrected chi connectivity index (χ0v) is 10.9. The molecule has 0 heterocycles. The first-order valence-electron chi connectivity index (χ1n) is 5.84. The molecule has 0 atom stereocenters. The van der Waals surface area contributed by atoms with Crippen molar-refractivity contribution in [1.29, 1.82) is 0 Å². The van der Waals surface area contributed by atoms with Crippen molar-refractivity contribution in [3.63, 3.8) is 0 Å². The Labute approximate surface area is 105 Å². The highest BCUT2D eigenvalue weighted by molar-refractivity contribution is 5.63. The van der Waals surface area contributed by atoms with Gasteiger partial charge in [-0.3, -0.25) is 0 Å². The van der Waals surface area contributed by atoms with Crippen molar-refractivity contribution < 1.29 is 0 Å². The van der Waals surface area contributed by atoms with Crippen LogP contribution in [0.2, 0.25) is 0 Å². The largest absolute Gasteiger partial charge is 0.0955 e. The molecule has 0 heteroatoms. The number of hydrogen-bond donors (Lipinski definition) is 0. The van der Waals surface area contributed by atoms with Crippen LogP contribution >= 0.6 is 0 Å². The normalized spacial score (nSPS) is 9.12. The molecule has 0 spiro atoms. The molecule has 0 bridgehead atoms. The fourth-order valence-electron chi connectivity index (χ4n) is 1.59. The van der Waals surface area contributed by atoms with E-state index in [1.807, 2.05) is 37.3 Å². The van der Waals surface area contributed by atoms with E-state index in [9.17, 15) is 0 Å². The average Bonchev–Trinajstić information content (AvgIpc) is 2.31. The Hall–Kier alpha value is -1.82. The smallest absolute Gasteiger partial charge is 0.0204 e. The van der Waals surface area contributed by atoms with Crippen molar-refractivity contribution in [2.24, 2.45) is 0 Å². The Morgan fingerprint density at radius 1 is 0.824 bits per heavy atom. The van der Waals surface area contributed by atoms with E-state index in [1.54, 1.807) is 0 Å². The van der Waals surface area contributed by atoms with Crippen LogP contribution < -0.4 is 0 Å². The van der Waals surface area contributed by atoms with Gasteiger partial charge in [0.2, 0.25) is 0 Å². The minimum Gasteiger partial charge on any atom is -0.0955 e. The van der Waals surface area contributed by atoms with Crippen LogP contribution in [0.4, 0.5) is 0 Å². The molecule has 0 aromatic heterocycles. The summed E-state index contributed by atoms with van der Waals surface area (Å²) in [4.78, 5) is 0. The molecule has 88 valence electrons. The Balaban J connectivity index is 0.000000181. The van der Waals surface area contributed by atoms with E-state index in [1.165, 1.54) is 16.7 Å². The molecule has 0 amide bonds. The van der Waals surface area contributed by atoms with Crippen molar-refractivity contribution in [2.75, 3.05) is 0 Å². The minimum atomic E-state index is 1.14. The van der Waals surface area contributed by atoms with Crippen LogP contribution in [-0.2, 0) is 0 Å². The van der Waals surface area contributed by atoms with Crippen LogP contribution in [0.15, 0.2) is 61.2 Å². The molecule has 2 aromatic rings. The van der Waals surface area contributed by atoms with Crippen LogP contribution in [0.25, 0.3) is 5.57 Å². The first-order chi connectivity index (χ1) is 8.11. The number of allylic oxidation sites excluding steroid dienone is 1. The summed E-state index contributed by atoms with van der Waals surface area (Å²) in [5.41, 5.74) is 5.03. The van der Waals surface area contributed by atoms with Gasteiger partial charge in [-0.05, 0) is 31.9 Å². The summed E-state index contributed by atoms with van der Waals surface area (Å²) in [6, 6.07) is 18.5. The van der Waals surface area contributed by atoms with Crippen molar-refractivity contribution >= 4 is 5.57 Å². The molecular weight excluding hydrogens is 204 g/mol. The van der Waals surface area contributed by atoms with Crippen molar-refractivity contribution in [3.05, 3.63) is 77.9 Å². The monoisotopic (exact) mass is 224 g/mol. The van der Waals surface area contributed by atoms with Crippen LogP contribution in [0.5, 0.6) is 0 Å².